The Bertz CT molecular complexity index is 1290. The third-order valence-electron chi connectivity index (χ3n) is 9.38. The van der Waals surface area contributed by atoms with Crippen LogP contribution in [0.1, 0.15) is 77.3 Å². The van der Waals surface area contributed by atoms with E-state index in [4.69, 9.17) is 14.1 Å². The zero-order valence-electron chi connectivity index (χ0n) is 26.4. The highest BCUT2D eigenvalue weighted by Gasteiger charge is 2.49. The number of amides is 4. The maximum Gasteiger partial charge on any atom is 0.478 e. The lowest BCUT2D eigenvalue weighted by Crippen LogP contribution is -2.59. The lowest BCUT2D eigenvalue weighted by atomic mass is 9.74. The minimum Gasteiger partial charge on any atom is -0.446 e. The summed E-state index contributed by atoms with van der Waals surface area (Å²) in [5.41, 5.74) is 0.371. The molecule has 3 N–H and O–H groups in total. The van der Waals surface area contributed by atoms with Gasteiger partial charge in [0.15, 0.2) is 0 Å². The zero-order valence-corrected chi connectivity index (χ0v) is 26.4. The van der Waals surface area contributed by atoms with Gasteiger partial charge in [0, 0.05) is 25.1 Å². The highest BCUT2D eigenvalue weighted by atomic mass is 19.1. The third kappa shape index (κ3) is 7.38. The van der Waals surface area contributed by atoms with Crippen molar-refractivity contribution >= 4 is 31.1 Å². The summed E-state index contributed by atoms with van der Waals surface area (Å²) >= 11 is 0. The van der Waals surface area contributed by atoms with E-state index in [2.05, 4.69) is 10.6 Å². The monoisotopic (exact) mass is 630 g/mol. The van der Waals surface area contributed by atoms with Crippen molar-refractivity contribution in [1.82, 2.24) is 20.4 Å². The highest BCUT2D eigenvalue weighted by Crippen LogP contribution is 2.31. The number of halogens is 1. The van der Waals surface area contributed by atoms with Crippen molar-refractivity contribution in [3.05, 3.63) is 35.1 Å². The fraction of sp³-hybridized carbons (Fsp3) is 0.677. The summed E-state index contributed by atoms with van der Waals surface area (Å²) in [7, 11) is -1.19. The Hall–Kier alpha value is -3.39. The first kappa shape index (κ1) is 33.0. The average molecular weight is 631 g/mol. The van der Waals surface area contributed by atoms with Crippen LogP contribution in [0.2, 0.25) is 0 Å². The molecule has 1 saturated carbocycles. The first-order chi connectivity index (χ1) is 21.3. The molecule has 3 heterocycles. The number of rotatable bonds is 7. The zero-order chi connectivity index (χ0) is 32.5. The number of benzene rings is 1. The maximum absolute atomic E-state index is 14.3. The summed E-state index contributed by atoms with van der Waals surface area (Å²) in [4.78, 5) is 56.7. The van der Waals surface area contributed by atoms with Crippen LogP contribution in [0.25, 0.3) is 0 Å². The van der Waals surface area contributed by atoms with Crippen LogP contribution in [-0.4, -0.2) is 89.3 Å². The predicted molar refractivity (Wildman–Crippen MR) is 161 cm³/mol. The molecule has 1 aromatic carbocycles. The van der Waals surface area contributed by atoms with Gasteiger partial charge in [0.05, 0.1) is 19.0 Å². The summed E-state index contributed by atoms with van der Waals surface area (Å²) in [5.74, 6) is -2.22. The van der Waals surface area contributed by atoms with E-state index in [9.17, 15) is 28.6 Å². The lowest BCUT2D eigenvalue weighted by Gasteiger charge is -2.35. The first-order valence-corrected chi connectivity index (χ1v) is 15.9. The van der Waals surface area contributed by atoms with Gasteiger partial charge in [0.1, 0.15) is 30.1 Å². The van der Waals surface area contributed by atoms with Crippen molar-refractivity contribution in [1.29, 1.82) is 0 Å². The number of nitrogens with zero attached hydrogens (tertiary/aromatic N) is 2. The minimum absolute atomic E-state index is 0.00229. The molecule has 2 saturated heterocycles. The fourth-order valence-electron chi connectivity index (χ4n) is 6.71. The Labute approximate surface area is 263 Å². The van der Waals surface area contributed by atoms with Gasteiger partial charge < -0.3 is 34.7 Å². The molecule has 45 heavy (non-hydrogen) atoms. The molecule has 1 aliphatic carbocycles. The molecular weight excluding hydrogens is 586 g/mol. The van der Waals surface area contributed by atoms with Gasteiger partial charge in [0.2, 0.25) is 11.8 Å². The number of hydrogen-bond acceptors (Lipinski definition) is 8. The molecule has 5 atom stereocenters. The molecule has 0 spiro atoms. The number of nitrogens with one attached hydrogen (secondary N) is 2. The Kier molecular flexibility index (Phi) is 9.93. The van der Waals surface area contributed by atoms with Crippen molar-refractivity contribution < 1.29 is 42.7 Å². The second-order valence-electron chi connectivity index (χ2n) is 13.7. The molecule has 246 valence electrons. The van der Waals surface area contributed by atoms with Crippen LogP contribution >= 0.6 is 0 Å². The summed E-state index contributed by atoms with van der Waals surface area (Å²) in [6.07, 6.45) is 1.73. The van der Waals surface area contributed by atoms with E-state index in [-0.39, 0.29) is 44.7 Å². The first-order valence-electron chi connectivity index (χ1n) is 15.9. The number of likely N-dealkylation sites (tertiary alicyclic amines) is 1. The number of hydrogen-bond donors (Lipinski definition) is 3. The number of fused-ring (bicyclic) bond motifs is 1. The van der Waals surface area contributed by atoms with Gasteiger partial charge in [-0.2, -0.15) is 0 Å². The molecule has 4 amide bonds. The topological polar surface area (TPSA) is 147 Å². The SMILES string of the molecule is CCC1COB(O)C1NC(=O)[C@@H]1C[C@@H](OC(=O)N2Cc3cccc(F)c3C2)CN1C(=O)[C@@H](NC(=O)OC1CCCC1)C(C)(C)C. The molecule has 12 nitrogen and oxygen atoms in total. The summed E-state index contributed by atoms with van der Waals surface area (Å²) in [6.45, 7) is 7.76. The van der Waals surface area contributed by atoms with Crippen LogP contribution in [0.15, 0.2) is 18.2 Å². The molecule has 3 fully saturated rings. The standard InChI is InChI=1S/C31H44BFN4O8/c1-5-18-17-43-32(42)26(18)35-27(38)24-13-21(45-30(41)36-14-19-9-8-12-23(33)22(19)16-36)15-37(24)28(39)25(31(2,3)4)34-29(40)44-20-10-6-7-11-20/h8-9,12,18,20-21,24-26,42H,5-7,10-11,13-17H2,1-4H3,(H,34,40)(H,35,38)/t18?,21-,24+,25-,26?/m1/s1. The number of alkyl carbamates (subject to hydrolysis) is 1. The van der Waals surface area contributed by atoms with E-state index in [0.717, 1.165) is 25.7 Å². The summed E-state index contributed by atoms with van der Waals surface area (Å²) in [5, 5.41) is 16.0. The van der Waals surface area contributed by atoms with E-state index in [1.165, 1.54) is 15.9 Å². The van der Waals surface area contributed by atoms with Crippen molar-refractivity contribution in [3.63, 3.8) is 0 Å². The average Bonchev–Trinajstić information content (AvgIpc) is 3.79. The second kappa shape index (κ2) is 13.5. The molecule has 4 aliphatic rings. The maximum atomic E-state index is 14.3. The van der Waals surface area contributed by atoms with Crippen molar-refractivity contribution in [3.8, 4) is 0 Å². The number of carbonyl (C=O) groups excluding carboxylic acids is 4. The van der Waals surface area contributed by atoms with Crippen LogP contribution in [0.5, 0.6) is 0 Å². The van der Waals surface area contributed by atoms with Crippen LogP contribution in [0.4, 0.5) is 14.0 Å². The van der Waals surface area contributed by atoms with E-state index >= 15 is 0 Å². The molecular formula is C31H44BFN4O8. The Morgan fingerprint density at radius 3 is 2.53 bits per heavy atom. The quantitative estimate of drug-likeness (QED) is 0.390. The van der Waals surface area contributed by atoms with Crippen molar-refractivity contribution in [2.75, 3.05) is 13.2 Å². The van der Waals surface area contributed by atoms with E-state index < -0.39 is 66.5 Å². The van der Waals surface area contributed by atoms with Gasteiger partial charge in [-0.05, 0) is 55.1 Å². The van der Waals surface area contributed by atoms with Crippen molar-refractivity contribution in [2.45, 2.75) is 110 Å². The molecule has 5 rings (SSSR count). The largest absolute Gasteiger partial charge is 0.478 e. The smallest absolute Gasteiger partial charge is 0.446 e. The van der Waals surface area contributed by atoms with Crippen LogP contribution in [-0.2, 0) is 36.8 Å². The van der Waals surface area contributed by atoms with Crippen LogP contribution in [0.3, 0.4) is 0 Å². The Morgan fingerprint density at radius 1 is 1.13 bits per heavy atom. The van der Waals surface area contributed by atoms with E-state index in [1.54, 1.807) is 32.9 Å². The van der Waals surface area contributed by atoms with Gasteiger partial charge in [-0.25, -0.2) is 14.0 Å². The summed E-state index contributed by atoms with van der Waals surface area (Å²) in [6, 6.07) is 2.59. The molecule has 0 aromatic heterocycles. The second-order valence-corrected chi connectivity index (χ2v) is 13.7. The van der Waals surface area contributed by atoms with Gasteiger partial charge in [-0.3, -0.25) is 14.5 Å². The molecule has 1 aromatic rings. The normalized spacial score (nSPS) is 25.7. The molecule has 0 bridgehead atoms. The van der Waals surface area contributed by atoms with Crippen molar-refractivity contribution in [2.24, 2.45) is 11.3 Å². The van der Waals surface area contributed by atoms with Gasteiger partial charge in [-0.15, -0.1) is 0 Å². The molecule has 3 aliphatic heterocycles. The fourth-order valence-corrected chi connectivity index (χ4v) is 6.71. The lowest BCUT2D eigenvalue weighted by molar-refractivity contribution is -0.142. The summed E-state index contributed by atoms with van der Waals surface area (Å²) < 4.78 is 31.0. The Morgan fingerprint density at radius 2 is 1.87 bits per heavy atom. The van der Waals surface area contributed by atoms with E-state index in [0.29, 0.717) is 17.5 Å². The molecule has 14 heteroatoms. The van der Waals surface area contributed by atoms with Gasteiger partial charge >= 0.3 is 19.3 Å². The predicted octanol–water partition coefficient (Wildman–Crippen LogP) is 2.89. The van der Waals surface area contributed by atoms with Crippen LogP contribution < -0.4 is 10.6 Å². The van der Waals surface area contributed by atoms with E-state index in [1.807, 2.05) is 6.92 Å². The highest BCUT2D eigenvalue weighted by molar-refractivity contribution is 6.46. The third-order valence-corrected chi connectivity index (χ3v) is 9.38. The molecule has 2 unspecified atom stereocenters. The number of carbonyl (C=O) groups is 4. The van der Waals surface area contributed by atoms with Gasteiger partial charge in [-0.1, -0.05) is 39.8 Å². The molecule has 0 radical (unpaired) electrons. The Balaban J connectivity index is 1.32. The number of ether oxygens (including phenoxy) is 2. The van der Waals surface area contributed by atoms with Gasteiger partial charge in [0.25, 0.3) is 0 Å². The van der Waals surface area contributed by atoms with Crippen LogP contribution in [0, 0.1) is 17.2 Å². The minimum atomic E-state index is -1.19.